The molecule has 4 heteroatoms. The summed E-state index contributed by atoms with van der Waals surface area (Å²) in [5.74, 6) is 0. The van der Waals surface area contributed by atoms with E-state index in [4.69, 9.17) is 12.2 Å². The summed E-state index contributed by atoms with van der Waals surface area (Å²) in [6.45, 7) is 5.02. The van der Waals surface area contributed by atoms with E-state index in [2.05, 4.69) is 24.3 Å². The third-order valence-electron chi connectivity index (χ3n) is 2.37. The smallest absolute Gasteiger partial charge is 0.190 e. The Labute approximate surface area is 101 Å². The summed E-state index contributed by atoms with van der Waals surface area (Å²) in [4.78, 5) is 0. The molecule has 1 fully saturated rings. The lowest BCUT2D eigenvalue weighted by molar-refractivity contribution is 0.395. The first-order chi connectivity index (χ1) is 7.57. The van der Waals surface area contributed by atoms with Crippen molar-refractivity contribution in [2.45, 2.75) is 19.4 Å². The number of hydrogen-bond acceptors (Lipinski definition) is 2. The summed E-state index contributed by atoms with van der Waals surface area (Å²) in [5, 5.41) is 10.1. The first-order valence-electron chi connectivity index (χ1n) is 5.26. The van der Waals surface area contributed by atoms with E-state index in [0.29, 0.717) is 5.11 Å². The van der Waals surface area contributed by atoms with Gasteiger partial charge in [-0.2, -0.15) is 5.10 Å². The lowest BCUT2D eigenvalue weighted by Crippen LogP contribution is -2.36. The molecule has 0 bridgehead atoms. The Morgan fingerprint density at radius 3 is 2.62 bits per heavy atom. The van der Waals surface area contributed by atoms with Gasteiger partial charge in [0.1, 0.15) is 0 Å². The molecular formula is C12H15N3S. The molecule has 0 unspecified atom stereocenters. The zero-order valence-electron chi connectivity index (χ0n) is 9.47. The number of nitrogens with one attached hydrogen (secondary N) is 1. The van der Waals surface area contributed by atoms with E-state index in [1.165, 1.54) is 0 Å². The molecule has 16 heavy (non-hydrogen) atoms. The van der Waals surface area contributed by atoms with Gasteiger partial charge in [0.05, 0.1) is 18.3 Å². The van der Waals surface area contributed by atoms with E-state index in [1.54, 1.807) is 0 Å². The van der Waals surface area contributed by atoms with E-state index < -0.39 is 0 Å². The zero-order chi connectivity index (χ0) is 11.6. The number of hydrazone groups is 1. The van der Waals surface area contributed by atoms with Gasteiger partial charge in [-0.25, -0.2) is 5.01 Å². The van der Waals surface area contributed by atoms with Crippen LogP contribution in [0.3, 0.4) is 0 Å². The van der Waals surface area contributed by atoms with Gasteiger partial charge < -0.3 is 5.32 Å². The maximum atomic E-state index is 5.21. The standard InChI is InChI=1S/C12H15N3S/c1-12(2)9-15(11(16)14-12)13-8-10-6-4-3-5-7-10/h3-8H,9H2,1-2H3,(H,14,16)/b13-8+. The minimum Gasteiger partial charge on any atom is -0.354 e. The Kier molecular flexibility index (Phi) is 2.92. The van der Waals surface area contributed by atoms with Crippen molar-refractivity contribution in [3.63, 3.8) is 0 Å². The van der Waals surface area contributed by atoms with E-state index in [1.807, 2.05) is 41.6 Å². The average molecular weight is 233 g/mol. The molecule has 1 aromatic rings. The molecule has 2 rings (SSSR count). The van der Waals surface area contributed by atoms with Gasteiger partial charge >= 0.3 is 0 Å². The highest BCUT2D eigenvalue weighted by Crippen LogP contribution is 2.14. The first kappa shape index (κ1) is 11.1. The topological polar surface area (TPSA) is 27.6 Å². The van der Waals surface area contributed by atoms with Crippen molar-refractivity contribution in [3.05, 3.63) is 35.9 Å². The quantitative estimate of drug-likeness (QED) is 0.625. The van der Waals surface area contributed by atoms with Gasteiger partial charge in [-0.3, -0.25) is 0 Å². The van der Waals surface area contributed by atoms with Crippen LogP contribution < -0.4 is 5.32 Å². The Morgan fingerprint density at radius 2 is 2.06 bits per heavy atom. The molecule has 1 N–H and O–H groups in total. The van der Waals surface area contributed by atoms with Crippen LogP contribution in [0.2, 0.25) is 0 Å². The van der Waals surface area contributed by atoms with Gasteiger partial charge in [0.25, 0.3) is 0 Å². The van der Waals surface area contributed by atoms with E-state index in [0.717, 1.165) is 12.1 Å². The minimum absolute atomic E-state index is 0.00507. The fourth-order valence-corrected chi connectivity index (χ4v) is 2.00. The van der Waals surface area contributed by atoms with Crippen molar-refractivity contribution in [2.24, 2.45) is 5.10 Å². The molecule has 0 atom stereocenters. The summed E-state index contributed by atoms with van der Waals surface area (Å²) in [5.41, 5.74) is 1.08. The van der Waals surface area contributed by atoms with Gasteiger partial charge in [-0.1, -0.05) is 30.3 Å². The van der Waals surface area contributed by atoms with Gasteiger partial charge in [0.2, 0.25) is 0 Å². The molecule has 1 heterocycles. The van der Waals surface area contributed by atoms with Crippen molar-refractivity contribution in [3.8, 4) is 0 Å². The van der Waals surface area contributed by atoms with Crippen molar-refractivity contribution in [1.82, 2.24) is 10.3 Å². The number of thiocarbonyl (C=S) groups is 1. The zero-order valence-corrected chi connectivity index (χ0v) is 10.3. The molecule has 0 spiro atoms. The highest BCUT2D eigenvalue weighted by Gasteiger charge is 2.31. The van der Waals surface area contributed by atoms with Crippen molar-refractivity contribution in [1.29, 1.82) is 0 Å². The molecule has 84 valence electrons. The third-order valence-corrected chi connectivity index (χ3v) is 2.68. The van der Waals surface area contributed by atoms with Crippen LogP contribution in [-0.2, 0) is 0 Å². The van der Waals surface area contributed by atoms with Gasteiger partial charge in [-0.15, -0.1) is 0 Å². The van der Waals surface area contributed by atoms with E-state index in [-0.39, 0.29) is 5.54 Å². The summed E-state index contributed by atoms with van der Waals surface area (Å²) >= 11 is 5.21. The molecule has 1 aliphatic rings. The van der Waals surface area contributed by atoms with Crippen LogP contribution in [0.5, 0.6) is 0 Å². The van der Waals surface area contributed by atoms with Crippen LogP contribution in [0, 0.1) is 0 Å². The Hall–Kier alpha value is -1.42. The number of nitrogens with zero attached hydrogens (tertiary/aromatic N) is 2. The molecule has 0 aliphatic carbocycles. The molecule has 0 aromatic heterocycles. The maximum Gasteiger partial charge on any atom is 0.190 e. The molecule has 0 radical (unpaired) electrons. The molecule has 0 saturated carbocycles. The first-order valence-corrected chi connectivity index (χ1v) is 5.66. The second-order valence-corrected chi connectivity index (χ2v) is 4.91. The largest absolute Gasteiger partial charge is 0.354 e. The second kappa shape index (κ2) is 4.22. The normalized spacial score (nSPS) is 19.1. The highest BCUT2D eigenvalue weighted by atomic mass is 32.1. The summed E-state index contributed by atoms with van der Waals surface area (Å²) in [6, 6.07) is 10.0. The lowest BCUT2D eigenvalue weighted by Gasteiger charge is -2.15. The monoisotopic (exact) mass is 233 g/mol. The van der Waals surface area contributed by atoms with Crippen LogP contribution in [-0.4, -0.2) is 28.4 Å². The Bertz CT molecular complexity index is 412. The van der Waals surface area contributed by atoms with Crippen LogP contribution in [0.25, 0.3) is 0 Å². The van der Waals surface area contributed by atoms with Crippen molar-refractivity contribution >= 4 is 23.5 Å². The van der Waals surface area contributed by atoms with Gasteiger partial charge in [0.15, 0.2) is 5.11 Å². The van der Waals surface area contributed by atoms with Gasteiger partial charge in [-0.05, 0) is 31.6 Å². The summed E-state index contributed by atoms with van der Waals surface area (Å²) in [6.07, 6.45) is 1.83. The van der Waals surface area contributed by atoms with Crippen molar-refractivity contribution in [2.75, 3.05) is 6.54 Å². The van der Waals surface area contributed by atoms with E-state index >= 15 is 0 Å². The lowest BCUT2D eigenvalue weighted by atomic mass is 10.1. The Balaban J connectivity index is 2.06. The number of hydrogen-bond donors (Lipinski definition) is 1. The third kappa shape index (κ3) is 2.58. The van der Waals surface area contributed by atoms with Crippen LogP contribution >= 0.6 is 12.2 Å². The maximum absolute atomic E-state index is 5.21. The second-order valence-electron chi connectivity index (χ2n) is 4.53. The average Bonchev–Trinajstić information content (AvgIpc) is 2.50. The molecular weight excluding hydrogens is 218 g/mol. The van der Waals surface area contributed by atoms with Crippen molar-refractivity contribution < 1.29 is 0 Å². The number of rotatable bonds is 2. The highest BCUT2D eigenvalue weighted by molar-refractivity contribution is 7.80. The van der Waals surface area contributed by atoms with E-state index in [9.17, 15) is 0 Å². The fraction of sp³-hybridized carbons (Fsp3) is 0.333. The van der Waals surface area contributed by atoms with Crippen LogP contribution in [0.15, 0.2) is 35.4 Å². The fourth-order valence-electron chi connectivity index (χ4n) is 1.61. The predicted octanol–water partition coefficient (Wildman–Crippen LogP) is 1.99. The molecule has 1 saturated heterocycles. The Morgan fingerprint density at radius 1 is 1.38 bits per heavy atom. The minimum atomic E-state index is 0.00507. The van der Waals surface area contributed by atoms with Crippen LogP contribution in [0.4, 0.5) is 0 Å². The molecule has 1 aromatic carbocycles. The SMILES string of the molecule is CC1(C)CN(/N=C/c2ccccc2)C(=S)N1. The number of benzene rings is 1. The predicted molar refractivity (Wildman–Crippen MR) is 70.6 cm³/mol. The molecule has 1 aliphatic heterocycles. The van der Waals surface area contributed by atoms with Gasteiger partial charge in [0, 0.05) is 0 Å². The summed E-state index contributed by atoms with van der Waals surface area (Å²) in [7, 11) is 0. The molecule has 3 nitrogen and oxygen atoms in total. The summed E-state index contributed by atoms with van der Waals surface area (Å²) < 4.78 is 0. The molecule has 0 amide bonds. The van der Waals surface area contributed by atoms with Crippen LogP contribution in [0.1, 0.15) is 19.4 Å².